The molecule has 0 spiro atoms. The lowest BCUT2D eigenvalue weighted by Gasteiger charge is -2.11. The number of nitrogens with one attached hydrogen (secondary N) is 2. The van der Waals surface area contributed by atoms with Crippen LogP contribution in [0.2, 0.25) is 5.02 Å². The number of benzene rings is 1. The van der Waals surface area contributed by atoms with E-state index in [1.807, 2.05) is 31.2 Å². The summed E-state index contributed by atoms with van der Waals surface area (Å²) in [6, 6.07) is 10.6. The van der Waals surface area contributed by atoms with Crippen LogP contribution in [0.4, 0.5) is 0 Å². The number of amides is 1. The molecule has 1 aromatic carbocycles. The highest BCUT2D eigenvalue weighted by Crippen LogP contribution is 2.16. The zero-order valence-electron chi connectivity index (χ0n) is 13.0. The fourth-order valence-electron chi connectivity index (χ4n) is 2.25. The van der Waals surface area contributed by atoms with Gasteiger partial charge >= 0.3 is 0 Å². The second kappa shape index (κ2) is 7.23. The number of aromatic amines is 1. The van der Waals surface area contributed by atoms with Gasteiger partial charge in [-0.05, 0) is 36.8 Å². The molecule has 24 heavy (non-hydrogen) atoms. The molecule has 0 radical (unpaired) electrons. The van der Waals surface area contributed by atoms with Gasteiger partial charge < -0.3 is 5.32 Å². The highest BCUT2D eigenvalue weighted by molar-refractivity contribution is 6.30. The van der Waals surface area contributed by atoms with Gasteiger partial charge in [-0.1, -0.05) is 23.7 Å². The van der Waals surface area contributed by atoms with Gasteiger partial charge in [-0.25, -0.2) is 4.98 Å². The Hall–Kier alpha value is -2.73. The molecule has 3 aromatic rings. The van der Waals surface area contributed by atoms with E-state index in [4.69, 9.17) is 11.6 Å². The zero-order valence-corrected chi connectivity index (χ0v) is 13.8. The van der Waals surface area contributed by atoms with Crippen molar-refractivity contribution in [3.05, 3.63) is 65.2 Å². The second-order valence-corrected chi connectivity index (χ2v) is 5.81. The lowest BCUT2D eigenvalue weighted by molar-refractivity contribution is -0.121. The van der Waals surface area contributed by atoms with Crippen LogP contribution in [0.25, 0.3) is 11.4 Å². The summed E-state index contributed by atoms with van der Waals surface area (Å²) < 4.78 is 0. The molecule has 0 bridgehead atoms. The number of carbonyl (C=O) groups is 1. The van der Waals surface area contributed by atoms with Crippen LogP contribution in [0.15, 0.2) is 48.8 Å². The molecule has 122 valence electrons. The first-order chi connectivity index (χ1) is 11.6. The van der Waals surface area contributed by atoms with Crippen LogP contribution >= 0.6 is 11.6 Å². The molecule has 2 heterocycles. The fourth-order valence-corrected chi connectivity index (χ4v) is 2.37. The highest BCUT2D eigenvalue weighted by Gasteiger charge is 2.15. The van der Waals surface area contributed by atoms with Gasteiger partial charge in [0.1, 0.15) is 5.82 Å². The van der Waals surface area contributed by atoms with E-state index in [0.717, 1.165) is 11.1 Å². The molecule has 0 saturated heterocycles. The Balaban J connectivity index is 1.62. The number of hydrogen-bond acceptors (Lipinski definition) is 4. The van der Waals surface area contributed by atoms with Crippen molar-refractivity contribution < 1.29 is 4.79 Å². The first-order valence-electron chi connectivity index (χ1n) is 7.48. The molecule has 0 fully saturated rings. The fraction of sp³-hybridized carbons (Fsp3) is 0.176. The van der Waals surface area contributed by atoms with Gasteiger partial charge in [-0.2, -0.15) is 5.10 Å². The Bertz CT molecular complexity index is 817. The van der Waals surface area contributed by atoms with Crippen LogP contribution < -0.4 is 5.32 Å². The summed E-state index contributed by atoms with van der Waals surface area (Å²) in [4.78, 5) is 20.5. The number of hydrogen-bond donors (Lipinski definition) is 2. The summed E-state index contributed by atoms with van der Waals surface area (Å²) in [6.45, 7) is 1.86. The van der Waals surface area contributed by atoms with E-state index in [-0.39, 0.29) is 18.4 Å². The Morgan fingerprint density at radius 3 is 2.62 bits per heavy atom. The maximum absolute atomic E-state index is 12.1. The number of pyridine rings is 1. The van der Waals surface area contributed by atoms with E-state index < -0.39 is 0 Å². The third-order valence-electron chi connectivity index (χ3n) is 3.51. The molecule has 3 rings (SSSR count). The minimum atomic E-state index is -0.270. The SMILES string of the molecule is C[C@H](NC(=O)Cc1ccc(Cl)cc1)c1nc(-c2ccncc2)n[nH]1. The van der Waals surface area contributed by atoms with Crippen molar-refractivity contribution >= 4 is 17.5 Å². The third kappa shape index (κ3) is 3.97. The smallest absolute Gasteiger partial charge is 0.224 e. The minimum absolute atomic E-state index is 0.0910. The van der Waals surface area contributed by atoms with Crippen molar-refractivity contribution in [3.8, 4) is 11.4 Å². The summed E-state index contributed by atoms with van der Waals surface area (Å²) >= 11 is 5.84. The van der Waals surface area contributed by atoms with Crippen molar-refractivity contribution in [2.45, 2.75) is 19.4 Å². The molecule has 0 aliphatic rings. The monoisotopic (exact) mass is 341 g/mol. The third-order valence-corrected chi connectivity index (χ3v) is 3.76. The van der Waals surface area contributed by atoms with Crippen LogP contribution in [0.3, 0.4) is 0 Å². The number of carbonyl (C=O) groups excluding carboxylic acids is 1. The molecule has 1 atom stereocenters. The lowest BCUT2D eigenvalue weighted by atomic mass is 10.1. The van der Waals surface area contributed by atoms with Crippen molar-refractivity contribution in [1.82, 2.24) is 25.5 Å². The number of nitrogens with zero attached hydrogens (tertiary/aromatic N) is 3. The van der Waals surface area contributed by atoms with Gasteiger partial charge in [0.2, 0.25) is 5.91 Å². The van der Waals surface area contributed by atoms with Gasteiger partial charge in [0, 0.05) is 23.0 Å². The molecule has 2 N–H and O–H groups in total. The van der Waals surface area contributed by atoms with E-state index in [2.05, 4.69) is 25.5 Å². The Kier molecular flexibility index (Phi) is 4.86. The van der Waals surface area contributed by atoms with E-state index in [9.17, 15) is 4.79 Å². The molecule has 0 unspecified atom stereocenters. The average Bonchev–Trinajstić information content (AvgIpc) is 3.08. The van der Waals surface area contributed by atoms with E-state index in [1.165, 1.54) is 0 Å². The maximum atomic E-state index is 12.1. The predicted octanol–water partition coefficient (Wildman–Crippen LogP) is 2.94. The predicted molar refractivity (Wildman–Crippen MR) is 91.3 cm³/mol. The molecule has 7 heteroatoms. The topological polar surface area (TPSA) is 83.6 Å². The van der Waals surface area contributed by atoms with E-state index in [0.29, 0.717) is 16.7 Å². The van der Waals surface area contributed by atoms with Crippen LogP contribution in [0.1, 0.15) is 24.4 Å². The summed E-state index contributed by atoms with van der Waals surface area (Å²) in [5.41, 5.74) is 1.77. The van der Waals surface area contributed by atoms with Gasteiger partial charge in [-0.3, -0.25) is 14.9 Å². The second-order valence-electron chi connectivity index (χ2n) is 5.37. The Labute approximate surface area is 144 Å². The van der Waals surface area contributed by atoms with Crippen molar-refractivity contribution in [2.24, 2.45) is 0 Å². The standard InChI is InChI=1S/C17H16ClN5O/c1-11(20-15(24)10-12-2-4-14(18)5-3-12)16-21-17(23-22-16)13-6-8-19-9-7-13/h2-9,11H,10H2,1H3,(H,20,24)(H,21,22,23)/t11-/m0/s1. The van der Waals surface area contributed by atoms with Crippen LogP contribution in [0.5, 0.6) is 0 Å². The Morgan fingerprint density at radius 2 is 1.92 bits per heavy atom. The van der Waals surface area contributed by atoms with Crippen LogP contribution in [0, 0.1) is 0 Å². The van der Waals surface area contributed by atoms with E-state index in [1.54, 1.807) is 24.5 Å². The normalized spacial score (nSPS) is 11.9. The van der Waals surface area contributed by atoms with Crippen LogP contribution in [-0.4, -0.2) is 26.1 Å². The Morgan fingerprint density at radius 1 is 1.21 bits per heavy atom. The summed E-state index contributed by atoms with van der Waals surface area (Å²) in [6.07, 6.45) is 3.65. The number of aromatic nitrogens is 4. The lowest BCUT2D eigenvalue weighted by Crippen LogP contribution is -2.28. The molecule has 6 nitrogen and oxygen atoms in total. The van der Waals surface area contributed by atoms with Crippen molar-refractivity contribution in [1.29, 1.82) is 0 Å². The highest BCUT2D eigenvalue weighted by atomic mass is 35.5. The van der Waals surface area contributed by atoms with Crippen molar-refractivity contribution in [2.75, 3.05) is 0 Å². The molecule has 2 aromatic heterocycles. The summed E-state index contributed by atoms with van der Waals surface area (Å²) in [7, 11) is 0. The van der Waals surface area contributed by atoms with Crippen LogP contribution in [-0.2, 0) is 11.2 Å². The molecular weight excluding hydrogens is 326 g/mol. The molecular formula is C17H16ClN5O. The quantitative estimate of drug-likeness (QED) is 0.747. The first kappa shape index (κ1) is 16.1. The molecule has 0 aliphatic heterocycles. The molecule has 1 amide bonds. The zero-order chi connectivity index (χ0) is 16.9. The number of rotatable bonds is 5. The summed E-state index contributed by atoms with van der Waals surface area (Å²) in [5.74, 6) is 1.09. The van der Waals surface area contributed by atoms with Gasteiger partial charge in [0.15, 0.2) is 5.82 Å². The first-order valence-corrected chi connectivity index (χ1v) is 7.86. The largest absolute Gasteiger partial charge is 0.346 e. The van der Waals surface area contributed by atoms with E-state index >= 15 is 0 Å². The maximum Gasteiger partial charge on any atom is 0.224 e. The van der Waals surface area contributed by atoms with Gasteiger partial charge in [0.05, 0.1) is 12.5 Å². The number of H-pyrrole nitrogens is 1. The number of halogens is 1. The minimum Gasteiger partial charge on any atom is -0.346 e. The van der Waals surface area contributed by atoms with Crippen molar-refractivity contribution in [3.63, 3.8) is 0 Å². The average molecular weight is 342 g/mol. The van der Waals surface area contributed by atoms with Gasteiger partial charge in [-0.15, -0.1) is 0 Å². The molecule has 0 aliphatic carbocycles. The van der Waals surface area contributed by atoms with Gasteiger partial charge in [0.25, 0.3) is 0 Å². The molecule has 0 saturated carbocycles. The summed E-state index contributed by atoms with van der Waals surface area (Å²) in [5, 5.41) is 10.6.